The second kappa shape index (κ2) is 60.4. The molecule has 2 unspecified atom stereocenters. The fourth-order valence-corrected chi connectivity index (χ4v) is 10.5. The number of aliphatic hydroxyl groups excluding tert-OH is 2. The molecule has 0 aliphatic carbocycles. The highest BCUT2D eigenvalue weighted by Gasteiger charge is 2.20. The molecule has 6 heteroatoms. The molecule has 0 radical (unpaired) electrons. The van der Waals surface area contributed by atoms with E-state index in [1.165, 1.54) is 302 Å². The monoisotopic (exact) mass is 990 g/mol. The minimum absolute atomic E-state index is 0.0162. The number of hydrogen-bond acceptors (Lipinski definition) is 5. The largest absolute Gasteiger partial charge is 0.466 e. The summed E-state index contributed by atoms with van der Waals surface area (Å²) in [5.74, 6) is -0.0158. The number of carbonyl (C=O) groups excluding carboxylic acids is 2. The van der Waals surface area contributed by atoms with E-state index in [1.807, 2.05) is 0 Å². The molecule has 0 saturated heterocycles. The zero-order valence-electron chi connectivity index (χ0n) is 47.8. The van der Waals surface area contributed by atoms with Crippen LogP contribution in [0.4, 0.5) is 0 Å². The Bertz CT molecular complexity index is 1010. The van der Waals surface area contributed by atoms with Gasteiger partial charge >= 0.3 is 5.97 Å². The van der Waals surface area contributed by atoms with Gasteiger partial charge in [0.15, 0.2) is 0 Å². The molecule has 70 heavy (non-hydrogen) atoms. The minimum atomic E-state index is -0.664. The van der Waals surface area contributed by atoms with Crippen LogP contribution in [0.3, 0.4) is 0 Å². The number of aliphatic hydroxyl groups is 2. The van der Waals surface area contributed by atoms with Crippen molar-refractivity contribution in [2.45, 2.75) is 386 Å². The summed E-state index contributed by atoms with van der Waals surface area (Å²) >= 11 is 0. The van der Waals surface area contributed by atoms with Gasteiger partial charge < -0.3 is 20.3 Å². The van der Waals surface area contributed by atoms with Crippen LogP contribution >= 0.6 is 0 Å². The summed E-state index contributed by atoms with van der Waals surface area (Å²) in [4.78, 5) is 24.6. The molecule has 0 aromatic heterocycles. The molecule has 0 aliphatic heterocycles. The van der Waals surface area contributed by atoms with Gasteiger partial charge in [0.2, 0.25) is 5.91 Å². The van der Waals surface area contributed by atoms with Crippen LogP contribution in [-0.2, 0) is 14.3 Å². The molecule has 418 valence electrons. The number of unbranched alkanes of at least 4 members (excludes halogenated alkanes) is 50. The highest BCUT2D eigenvalue weighted by Crippen LogP contribution is 2.19. The summed E-state index contributed by atoms with van der Waals surface area (Å²) in [5.41, 5.74) is 0. The highest BCUT2D eigenvalue weighted by molar-refractivity contribution is 5.76. The quantitative estimate of drug-likeness (QED) is 0.0417. The van der Waals surface area contributed by atoms with E-state index in [4.69, 9.17) is 4.74 Å². The summed E-state index contributed by atoms with van der Waals surface area (Å²) in [6.45, 7) is 4.99. The number of esters is 1. The second-order valence-electron chi connectivity index (χ2n) is 22.5. The number of nitrogens with one attached hydrogen (secondary N) is 1. The van der Waals surface area contributed by atoms with Crippen LogP contribution < -0.4 is 5.32 Å². The molecule has 6 nitrogen and oxygen atoms in total. The maximum absolute atomic E-state index is 12.5. The fraction of sp³-hybridized carbons (Fsp3) is 0.969. The van der Waals surface area contributed by atoms with Gasteiger partial charge in [0.25, 0.3) is 0 Å². The lowest BCUT2D eigenvalue weighted by atomic mass is 10.0. The number of amides is 1. The van der Waals surface area contributed by atoms with Crippen LogP contribution in [0.5, 0.6) is 0 Å². The highest BCUT2D eigenvalue weighted by atomic mass is 16.5. The van der Waals surface area contributed by atoms with Crippen molar-refractivity contribution in [3.8, 4) is 0 Å². The van der Waals surface area contributed by atoms with Gasteiger partial charge in [-0.2, -0.15) is 0 Å². The molecular weight excluding hydrogens is 863 g/mol. The Morgan fingerprint density at radius 3 is 0.871 bits per heavy atom. The number of rotatable bonds is 61. The minimum Gasteiger partial charge on any atom is -0.466 e. The van der Waals surface area contributed by atoms with Gasteiger partial charge in [0.1, 0.15) is 0 Å². The van der Waals surface area contributed by atoms with E-state index in [2.05, 4.69) is 19.2 Å². The van der Waals surface area contributed by atoms with Gasteiger partial charge in [-0.1, -0.05) is 335 Å². The van der Waals surface area contributed by atoms with E-state index >= 15 is 0 Å². The number of ether oxygens (including phenoxy) is 1. The Balaban J connectivity index is 3.36. The lowest BCUT2D eigenvalue weighted by Gasteiger charge is -2.22. The van der Waals surface area contributed by atoms with Gasteiger partial charge in [0.05, 0.1) is 25.4 Å². The first-order valence-electron chi connectivity index (χ1n) is 32.3. The predicted molar refractivity (Wildman–Crippen MR) is 306 cm³/mol. The first-order valence-corrected chi connectivity index (χ1v) is 32.3. The van der Waals surface area contributed by atoms with Gasteiger partial charge in [-0.3, -0.25) is 9.59 Å². The lowest BCUT2D eigenvalue weighted by molar-refractivity contribution is -0.143. The van der Waals surface area contributed by atoms with Gasteiger partial charge in [0, 0.05) is 12.8 Å². The number of hydrogen-bond donors (Lipinski definition) is 3. The summed E-state index contributed by atoms with van der Waals surface area (Å²) in [5, 5.41) is 23.3. The second-order valence-corrected chi connectivity index (χ2v) is 22.5. The molecule has 0 rings (SSSR count). The average Bonchev–Trinajstić information content (AvgIpc) is 3.36. The van der Waals surface area contributed by atoms with E-state index in [0.717, 1.165) is 38.5 Å². The molecule has 0 heterocycles. The van der Waals surface area contributed by atoms with E-state index in [-0.39, 0.29) is 18.5 Å². The van der Waals surface area contributed by atoms with Crippen LogP contribution in [0.2, 0.25) is 0 Å². The third-order valence-corrected chi connectivity index (χ3v) is 15.4. The first-order chi connectivity index (χ1) is 34.5. The maximum atomic E-state index is 12.5. The lowest BCUT2D eigenvalue weighted by Crippen LogP contribution is -2.45. The number of carbonyl (C=O) groups is 2. The summed E-state index contributed by atoms with van der Waals surface area (Å²) < 4.78 is 5.49. The topological polar surface area (TPSA) is 95.9 Å². The summed E-state index contributed by atoms with van der Waals surface area (Å²) in [6.07, 6.45) is 71.2. The average molecular weight is 991 g/mol. The van der Waals surface area contributed by atoms with Crippen LogP contribution in [0.25, 0.3) is 0 Å². The summed E-state index contributed by atoms with van der Waals surface area (Å²) in [6, 6.07) is -0.541. The Labute approximate surface area is 438 Å². The van der Waals surface area contributed by atoms with Crippen molar-refractivity contribution < 1.29 is 24.5 Å². The smallest absolute Gasteiger partial charge is 0.305 e. The van der Waals surface area contributed by atoms with Crippen molar-refractivity contribution in [1.82, 2.24) is 5.32 Å². The Kier molecular flexibility index (Phi) is 59.4. The van der Waals surface area contributed by atoms with Crippen molar-refractivity contribution in [3.05, 3.63) is 0 Å². The normalized spacial score (nSPS) is 12.5. The Morgan fingerprint density at radius 2 is 0.586 bits per heavy atom. The molecule has 0 aromatic rings. The SMILES string of the molecule is CCCCCCCCCCCCCCCCCCCC(O)C(CO)NC(=O)CCCCCCCCCCCCCCCCCCCCCCCOC(=O)CCCCCCCCCCCCCCCCC. The van der Waals surface area contributed by atoms with Crippen molar-refractivity contribution in [3.63, 3.8) is 0 Å². The van der Waals surface area contributed by atoms with E-state index in [1.54, 1.807) is 0 Å². The molecule has 2 atom stereocenters. The van der Waals surface area contributed by atoms with Crippen LogP contribution in [0.1, 0.15) is 373 Å². The van der Waals surface area contributed by atoms with E-state index < -0.39 is 12.1 Å². The molecule has 1 amide bonds. The van der Waals surface area contributed by atoms with Gasteiger partial charge in [-0.15, -0.1) is 0 Å². The molecule has 0 aliphatic rings. The van der Waals surface area contributed by atoms with Crippen molar-refractivity contribution in [2.75, 3.05) is 13.2 Å². The molecule has 3 N–H and O–H groups in total. The fourth-order valence-electron chi connectivity index (χ4n) is 10.5. The molecule has 0 bridgehead atoms. The van der Waals surface area contributed by atoms with E-state index in [9.17, 15) is 19.8 Å². The van der Waals surface area contributed by atoms with Gasteiger partial charge in [-0.25, -0.2) is 0 Å². The zero-order valence-corrected chi connectivity index (χ0v) is 47.8. The molecular formula is C64H127NO5. The third kappa shape index (κ3) is 56.2. The van der Waals surface area contributed by atoms with Gasteiger partial charge in [-0.05, 0) is 25.7 Å². The summed E-state index contributed by atoms with van der Waals surface area (Å²) in [7, 11) is 0. The van der Waals surface area contributed by atoms with Crippen LogP contribution in [0, 0.1) is 0 Å². The van der Waals surface area contributed by atoms with Crippen molar-refractivity contribution in [2.24, 2.45) is 0 Å². The van der Waals surface area contributed by atoms with Crippen molar-refractivity contribution >= 4 is 11.9 Å². The standard InChI is InChI=1S/C64H127NO5/c1-3-5-7-9-11-13-15-17-19-25-29-32-36-40-44-48-52-56-62(67)61(60-66)65-63(68)57-53-49-45-41-37-33-30-26-23-21-20-22-24-27-31-35-39-43-47-51-55-59-70-64(69)58-54-50-46-42-38-34-28-18-16-14-12-10-8-6-4-2/h61-62,66-67H,3-60H2,1-2H3,(H,65,68). The van der Waals surface area contributed by atoms with Crippen LogP contribution in [-0.4, -0.2) is 47.4 Å². The Hall–Kier alpha value is -1.14. The molecule has 0 aromatic carbocycles. The van der Waals surface area contributed by atoms with Crippen molar-refractivity contribution in [1.29, 1.82) is 0 Å². The van der Waals surface area contributed by atoms with Crippen LogP contribution in [0.15, 0.2) is 0 Å². The molecule has 0 spiro atoms. The maximum Gasteiger partial charge on any atom is 0.305 e. The molecule has 0 saturated carbocycles. The first kappa shape index (κ1) is 68.9. The van der Waals surface area contributed by atoms with E-state index in [0.29, 0.717) is 25.9 Å². The third-order valence-electron chi connectivity index (χ3n) is 15.4. The predicted octanol–water partition coefficient (Wildman–Crippen LogP) is 20.3. The Morgan fingerprint density at radius 1 is 0.343 bits per heavy atom. The zero-order chi connectivity index (χ0) is 50.7. The molecule has 0 fully saturated rings.